The summed E-state index contributed by atoms with van der Waals surface area (Å²) in [5.74, 6) is 0.559. The molecule has 0 aromatic carbocycles. The van der Waals surface area contributed by atoms with Crippen LogP contribution in [0.25, 0.3) is 0 Å². The van der Waals surface area contributed by atoms with Gasteiger partial charge in [0.25, 0.3) is 0 Å². The Bertz CT molecular complexity index is 593. The third kappa shape index (κ3) is 4.64. The van der Waals surface area contributed by atoms with Gasteiger partial charge in [-0.1, -0.05) is 0 Å². The fourth-order valence-corrected chi connectivity index (χ4v) is 4.16. The Kier molecular flexibility index (Phi) is 6.32. The van der Waals surface area contributed by atoms with Crippen molar-refractivity contribution in [3.8, 4) is 0 Å². The highest BCUT2D eigenvalue weighted by atomic mass is 16.5. The zero-order valence-electron chi connectivity index (χ0n) is 16.3. The third-order valence-corrected chi connectivity index (χ3v) is 5.80. The van der Waals surface area contributed by atoms with Gasteiger partial charge in [-0.25, -0.2) is 0 Å². The second-order valence-corrected chi connectivity index (χ2v) is 7.83. The molecule has 2 saturated heterocycles. The molecular formula is C19H32N4O3. The molecular weight excluding hydrogens is 332 g/mol. The van der Waals surface area contributed by atoms with E-state index in [0.29, 0.717) is 12.5 Å². The minimum Gasteiger partial charge on any atom is -0.375 e. The Morgan fingerprint density at radius 1 is 1.42 bits per heavy atom. The molecule has 2 fully saturated rings. The lowest BCUT2D eigenvalue weighted by atomic mass is 9.78. The van der Waals surface area contributed by atoms with Crippen molar-refractivity contribution in [3.05, 3.63) is 18.0 Å². The van der Waals surface area contributed by atoms with E-state index in [1.807, 2.05) is 17.9 Å². The molecule has 7 heteroatoms. The number of aromatic nitrogens is 2. The normalized spacial score (nSPS) is 22.8. The van der Waals surface area contributed by atoms with Crippen LogP contribution in [-0.2, 0) is 27.9 Å². The average molecular weight is 364 g/mol. The van der Waals surface area contributed by atoms with Crippen molar-refractivity contribution in [3.63, 3.8) is 0 Å². The van der Waals surface area contributed by atoms with Crippen LogP contribution in [0.4, 0.5) is 0 Å². The minimum atomic E-state index is 0.0142. The van der Waals surface area contributed by atoms with Crippen LogP contribution >= 0.6 is 0 Å². The van der Waals surface area contributed by atoms with E-state index in [0.717, 1.165) is 51.9 Å². The summed E-state index contributed by atoms with van der Waals surface area (Å²) in [7, 11) is 5.47. The van der Waals surface area contributed by atoms with E-state index in [1.54, 1.807) is 19.0 Å². The molecule has 2 aliphatic heterocycles. The zero-order chi connectivity index (χ0) is 18.6. The van der Waals surface area contributed by atoms with Crippen LogP contribution in [-0.4, -0.2) is 78.1 Å². The number of ether oxygens (including phenoxy) is 2. The zero-order valence-corrected chi connectivity index (χ0v) is 16.3. The van der Waals surface area contributed by atoms with Crippen molar-refractivity contribution < 1.29 is 14.3 Å². The standard InChI is InChI=1S/C19H32N4O3/c1-21(2)18(24)15-25-10-4-17-5-11-26-19(17)6-8-23(9-7-19)14-16-12-20-22(3)13-16/h12-13,17H,4-11,14-15H2,1-3H3. The van der Waals surface area contributed by atoms with Gasteiger partial charge in [-0.05, 0) is 31.6 Å². The molecule has 3 rings (SSSR count). The van der Waals surface area contributed by atoms with E-state index in [4.69, 9.17) is 9.47 Å². The van der Waals surface area contributed by atoms with Crippen molar-refractivity contribution in [2.75, 3.05) is 47.0 Å². The fraction of sp³-hybridized carbons (Fsp3) is 0.789. The Labute approximate surface area is 156 Å². The van der Waals surface area contributed by atoms with Crippen LogP contribution in [0.1, 0.15) is 31.2 Å². The Morgan fingerprint density at radius 3 is 2.85 bits per heavy atom. The number of aryl methyl sites for hydroxylation is 1. The Hall–Kier alpha value is -1.44. The van der Waals surface area contributed by atoms with E-state index in [2.05, 4.69) is 16.2 Å². The van der Waals surface area contributed by atoms with E-state index in [9.17, 15) is 4.79 Å². The third-order valence-electron chi connectivity index (χ3n) is 5.80. The first-order chi connectivity index (χ1) is 12.5. The number of likely N-dealkylation sites (N-methyl/N-ethyl adjacent to an activating group) is 1. The molecule has 0 saturated carbocycles. The highest BCUT2D eigenvalue weighted by molar-refractivity contribution is 5.76. The number of amides is 1. The first-order valence-corrected chi connectivity index (χ1v) is 9.60. The summed E-state index contributed by atoms with van der Waals surface area (Å²) in [5, 5.41) is 4.25. The summed E-state index contributed by atoms with van der Waals surface area (Å²) in [6, 6.07) is 0. The second kappa shape index (κ2) is 8.50. The van der Waals surface area contributed by atoms with Crippen LogP contribution in [0.3, 0.4) is 0 Å². The van der Waals surface area contributed by atoms with Gasteiger partial charge in [0.05, 0.1) is 11.8 Å². The predicted molar refractivity (Wildman–Crippen MR) is 98.6 cm³/mol. The molecule has 1 atom stereocenters. The molecule has 1 unspecified atom stereocenters. The van der Waals surface area contributed by atoms with E-state index >= 15 is 0 Å². The summed E-state index contributed by atoms with van der Waals surface area (Å²) in [6.07, 6.45) is 8.28. The molecule has 0 bridgehead atoms. The summed E-state index contributed by atoms with van der Waals surface area (Å²) in [4.78, 5) is 15.6. The lowest BCUT2D eigenvalue weighted by molar-refractivity contribution is -0.133. The van der Waals surface area contributed by atoms with E-state index < -0.39 is 0 Å². The first kappa shape index (κ1) is 19.3. The maximum Gasteiger partial charge on any atom is 0.248 e. The lowest BCUT2D eigenvalue weighted by Crippen LogP contribution is -2.47. The van der Waals surface area contributed by atoms with Crippen LogP contribution < -0.4 is 0 Å². The molecule has 1 aromatic rings. The quantitative estimate of drug-likeness (QED) is 0.682. The predicted octanol–water partition coefficient (Wildman–Crippen LogP) is 1.29. The monoisotopic (exact) mass is 364 g/mol. The highest BCUT2D eigenvalue weighted by Crippen LogP contribution is 2.42. The topological polar surface area (TPSA) is 59.8 Å². The largest absolute Gasteiger partial charge is 0.375 e. The molecule has 0 aliphatic carbocycles. The van der Waals surface area contributed by atoms with Gasteiger partial charge >= 0.3 is 0 Å². The van der Waals surface area contributed by atoms with Crippen molar-refractivity contribution in [2.24, 2.45) is 13.0 Å². The number of nitrogens with zero attached hydrogens (tertiary/aromatic N) is 4. The van der Waals surface area contributed by atoms with Crippen LogP contribution in [0.2, 0.25) is 0 Å². The lowest BCUT2D eigenvalue weighted by Gasteiger charge is -2.42. The first-order valence-electron chi connectivity index (χ1n) is 9.60. The van der Waals surface area contributed by atoms with Gasteiger partial charge in [0.1, 0.15) is 6.61 Å². The fourth-order valence-electron chi connectivity index (χ4n) is 4.16. The van der Waals surface area contributed by atoms with Gasteiger partial charge in [-0.3, -0.25) is 14.4 Å². The number of carbonyl (C=O) groups is 1. The van der Waals surface area contributed by atoms with Gasteiger partial charge in [-0.15, -0.1) is 0 Å². The summed E-state index contributed by atoms with van der Waals surface area (Å²) >= 11 is 0. The van der Waals surface area contributed by atoms with Crippen molar-refractivity contribution in [2.45, 2.75) is 37.8 Å². The van der Waals surface area contributed by atoms with Crippen LogP contribution in [0, 0.1) is 5.92 Å². The average Bonchev–Trinajstić information content (AvgIpc) is 3.20. The number of hydrogen-bond acceptors (Lipinski definition) is 5. The number of rotatable bonds is 7. The maximum atomic E-state index is 11.6. The molecule has 2 aliphatic rings. The number of piperidine rings is 1. The van der Waals surface area contributed by atoms with Crippen molar-refractivity contribution in [1.82, 2.24) is 19.6 Å². The van der Waals surface area contributed by atoms with E-state index in [-0.39, 0.29) is 18.1 Å². The molecule has 0 N–H and O–H groups in total. The molecule has 0 radical (unpaired) electrons. The number of hydrogen-bond donors (Lipinski definition) is 0. The molecule has 7 nitrogen and oxygen atoms in total. The Balaban J connectivity index is 1.43. The smallest absolute Gasteiger partial charge is 0.248 e. The molecule has 1 aromatic heterocycles. The van der Waals surface area contributed by atoms with E-state index in [1.165, 1.54) is 5.56 Å². The summed E-state index contributed by atoms with van der Waals surface area (Å²) < 4.78 is 13.7. The number of likely N-dealkylation sites (tertiary alicyclic amines) is 1. The molecule has 1 amide bonds. The van der Waals surface area contributed by atoms with Crippen molar-refractivity contribution >= 4 is 5.91 Å². The minimum absolute atomic E-state index is 0.0142. The van der Waals surface area contributed by atoms with Crippen LogP contribution in [0.5, 0.6) is 0 Å². The summed E-state index contributed by atoms with van der Waals surface area (Å²) in [6.45, 7) is 4.74. The van der Waals surface area contributed by atoms with Gasteiger partial charge < -0.3 is 14.4 Å². The van der Waals surface area contributed by atoms with Gasteiger partial charge in [0.15, 0.2) is 0 Å². The van der Waals surface area contributed by atoms with Crippen LogP contribution in [0.15, 0.2) is 12.4 Å². The molecule has 1 spiro atoms. The van der Waals surface area contributed by atoms with Gasteiger partial charge in [-0.2, -0.15) is 5.10 Å². The highest BCUT2D eigenvalue weighted by Gasteiger charge is 2.45. The Morgan fingerprint density at radius 2 is 2.19 bits per heavy atom. The molecule has 26 heavy (non-hydrogen) atoms. The van der Waals surface area contributed by atoms with Gasteiger partial charge in [0, 0.05) is 65.8 Å². The van der Waals surface area contributed by atoms with Crippen molar-refractivity contribution in [1.29, 1.82) is 0 Å². The maximum absolute atomic E-state index is 11.6. The summed E-state index contributed by atoms with van der Waals surface area (Å²) in [5.41, 5.74) is 1.28. The molecule has 3 heterocycles. The van der Waals surface area contributed by atoms with Gasteiger partial charge in [0.2, 0.25) is 5.91 Å². The molecule has 146 valence electrons. The SMILES string of the molecule is CN(C)C(=O)COCCC1CCOC12CCN(Cc1cnn(C)c1)CC2. The number of carbonyl (C=O) groups excluding carboxylic acids is 1. The second-order valence-electron chi connectivity index (χ2n) is 7.83.